The number of carbonyl (C=O) groups excluding carboxylic acids is 1. The first-order chi connectivity index (χ1) is 16.4. The van der Waals surface area contributed by atoms with Crippen LogP contribution in [0.15, 0.2) is 72.5 Å². The average Bonchev–Trinajstić information content (AvgIpc) is 3.59. The molecule has 0 bridgehead atoms. The summed E-state index contributed by atoms with van der Waals surface area (Å²) in [6.07, 6.45) is 2.65. The van der Waals surface area contributed by atoms with Crippen LogP contribution in [0.1, 0.15) is 33.4 Å². The first kappa shape index (κ1) is 21.8. The van der Waals surface area contributed by atoms with Gasteiger partial charge in [0.05, 0.1) is 24.0 Å². The van der Waals surface area contributed by atoms with Crippen molar-refractivity contribution in [2.45, 2.75) is 24.4 Å². The lowest BCUT2D eigenvalue weighted by atomic mass is 9.86. The van der Waals surface area contributed by atoms with Crippen molar-refractivity contribution in [2.24, 2.45) is 5.92 Å². The Morgan fingerprint density at radius 1 is 1.09 bits per heavy atom. The molecule has 172 valence electrons. The van der Waals surface area contributed by atoms with E-state index >= 15 is 0 Å². The fourth-order valence-corrected chi connectivity index (χ4v) is 5.88. The number of aromatic nitrogens is 2. The van der Waals surface area contributed by atoms with Gasteiger partial charge in [0.15, 0.2) is 0 Å². The Kier molecular flexibility index (Phi) is 5.41. The van der Waals surface area contributed by atoms with Crippen LogP contribution in [0.4, 0.5) is 0 Å². The molecule has 3 atom stereocenters. The fourth-order valence-electron chi connectivity index (χ4n) is 5.00. The molecule has 5 rings (SSSR count). The third kappa shape index (κ3) is 3.45. The van der Waals surface area contributed by atoms with Gasteiger partial charge in [-0.05, 0) is 34.7 Å². The number of rotatable bonds is 6. The molecule has 9 heteroatoms. The predicted molar refractivity (Wildman–Crippen MR) is 126 cm³/mol. The Bertz CT molecular complexity index is 1360. The molecule has 0 spiro atoms. The molecule has 1 amide bonds. The number of carbonyl (C=O) groups is 3. The number of aromatic amines is 1. The first-order valence-electron chi connectivity index (χ1n) is 10.7. The van der Waals surface area contributed by atoms with Gasteiger partial charge in [-0.25, -0.2) is 9.78 Å². The number of likely N-dealkylation sites (tertiary alicyclic amines) is 1. The van der Waals surface area contributed by atoms with Crippen molar-refractivity contribution < 1.29 is 24.6 Å². The quantitative estimate of drug-likeness (QED) is 0.388. The molecule has 0 saturated carbocycles. The molecule has 2 aromatic carbocycles. The van der Waals surface area contributed by atoms with Gasteiger partial charge in [-0.1, -0.05) is 42.5 Å². The summed E-state index contributed by atoms with van der Waals surface area (Å²) in [5.74, 6) is -4.00. The molecule has 8 nitrogen and oxygen atoms in total. The molecule has 1 aliphatic heterocycles. The van der Waals surface area contributed by atoms with Crippen molar-refractivity contribution in [2.75, 3.05) is 0 Å². The van der Waals surface area contributed by atoms with Crippen LogP contribution in [0, 0.1) is 5.92 Å². The molecule has 1 saturated heterocycles. The number of fused-ring (bicyclic) bond motifs is 1. The van der Waals surface area contributed by atoms with E-state index in [4.69, 9.17) is 0 Å². The van der Waals surface area contributed by atoms with E-state index in [-0.39, 0.29) is 12.8 Å². The maximum atomic E-state index is 14.2. The molecule has 3 unspecified atom stereocenters. The molecule has 34 heavy (non-hydrogen) atoms. The lowest BCUT2D eigenvalue weighted by Gasteiger charge is -2.38. The van der Waals surface area contributed by atoms with Crippen LogP contribution in [0.25, 0.3) is 10.8 Å². The minimum Gasteiger partial charge on any atom is -0.481 e. The second kappa shape index (κ2) is 8.42. The number of nitrogens with one attached hydrogen (secondary N) is 1. The van der Waals surface area contributed by atoms with Crippen molar-refractivity contribution in [3.05, 3.63) is 88.6 Å². The summed E-state index contributed by atoms with van der Waals surface area (Å²) in [6.45, 7) is 0. The highest BCUT2D eigenvalue weighted by molar-refractivity contribution is 7.10. The Labute approximate surface area is 198 Å². The molecule has 3 N–H and O–H groups in total. The maximum absolute atomic E-state index is 14.2. The highest BCUT2D eigenvalue weighted by Gasteiger charge is 2.61. The zero-order valence-electron chi connectivity index (χ0n) is 17.9. The number of aliphatic carboxylic acids is 2. The van der Waals surface area contributed by atoms with Crippen molar-refractivity contribution in [1.82, 2.24) is 14.9 Å². The van der Waals surface area contributed by atoms with Gasteiger partial charge < -0.3 is 20.1 Å². The second-order valence-corrected chi connectivity index (χ2v) is 9.36. The monoisotopic (exact) mass is 475 g/mol. The van der Waals surface area contributed by atoms with E-state index in [0.717, 1.165) is 5.39 Å². The number of H-pyrrole nitrogens is 1. The number of thiophene rings is 1. The number of hydrogen-bond donors (Lipinski definition) is 3. The largest absolute Gasteiger partial charge is 0.481 e. The van der Waals surface area contributed by atoms with E-state index in [1.807, 2.05) is 30.3 Å². The molecule has 2 aromatic heterocycles. The standard InChI is InChI=1S/C25H21N3O5S/c29-22(18-8-3-6-15-5-1-2-7-17(15)18)28-21(20-9-4-10-34-20)19(23(30)31)12-25(28,24(32)33)11-16-13-26-14-27-16/h1-10,13-14,19,21H,11-12H2,(H,26,27)(H,30,31)(H,32,33). The van der Waals surface area contributed by atoms with Gasteiger partial charge in [0.1, 0.15) is 5.54 Å². The van der Waals surface area contributed by atoms with E-state index in [2.05, 4.69) is 9.97 Å². The van der Waals surface area contributed by atoms with Crippen molar-refractivity contribution >= 4 is 40.0 Å². The summed E-state index contributed by atoms with van der Waals surface area (Å²) in [7, 11) is 0. The van der Waals surface area contributed by atoms with E-state index in [1.54, 1.807) is 35.8 Å². The lowest BCUT2D eigenvalue weighted by Crippen LogP contribution is -2.55. The smallest absolute Gasteiger partial charge is 0.330 e. The van der Waals surface area contributed by atoms with Crippen LogP contribution >= 0.6 is 11.3 Å². The van der Waals surface area contributed by atoms with Gasteiger partial charge >= 0.3 is 11.9 Å². The highest BCUT2D eigenvalue weighted by atomic mass is 32.1. The molecule has 1 aliphatic rings. The van der Waals surface area contributed by atoms with Crippen LogP contribution in [0.5, 0.6) is 0 Å². The first-order valence-corrected chi connectivity index (χ1v) is 11.6. The minimum atomic E-state index is -1.79. The second-order valence-electron chi connectivity index (χ2n) is 8.39. The number of nitrogens with zero attached hydrogens (tertiary/aromatic N) is 2. The number of benzene rings is 2. The van der Waals surface area contributed by atoms with Crippen LogP contribution in [-0.4, -0.2) is 48.5 Å². The summed E-state index contributed by atoms with van der Waals surface area (Å²) in [6, 6.07) is 15.2. The summed E-state index contributed by atoms with van der Waals surface area (Å²) < 4.78 is 0. The summed E-state index contributed by atoms with van der Waals surface area (Å²) in [5, 5.41) is 24.0. The molecule has 0 aliphatic carbocycles. The SMILES string of the molecule is O=C(O)C1CC(Cc2c[nH]cn2)(C(=O)O)N(C(=O)c2cccc3ccccc23)C1c1cccs1. The van der Waals surface area contributed by atoms with Crippen LogP contribution < -0.4 is 0 Å². The third-order valence-electron chi connectivity index (χ3n) is 6.50. The Morgan fingerprint density at radius 2 is 1.88 bits per heavy atom. The average molecular weight is 476 g/mol. The van der Waals surface area contributed by atoms with E-state index in [0.29, 0.717) is 21.5 Å². The number of hydrogen-bond acceptors (Lipinski definition) is 5. The van der Waals surface area contributed by atoms with E-state index in [1.165, 1.54) is 22.6 Å². The zero-order chi connectivity index (χ0) is 23.9. The molecular weight excluding hydrogens is 454 g/mol. The number of amides is 1. The Hall–Kier alpha value is -3.98. The van der Waals surface area contributed by atoms with Gasteiger partial charge in [0.25, 0.3) is 5.91 Å². The van der Waals surface area contributed by atoms with Gasteiger partial charge in [-0.3, -0.25) is 9.59 Å². The third-order valence-corrected chi connectivity index (χ3v) is 7.44. The van der Waals surface area contributed by atoms with Gasteiger partial charge in [0, 0.05) is 23.1 Å². The van der Waals surface area contributed by atoms with Crippen molar-refractivity contribution in [3.8, 4) is 0 Å². The molecule has 1 fully saturated rings. The number of imidazole rings is 1. The molecule has 4 aromatic rings. The summed E-state index contributed by atoms with van der Waals surface area (Å²) >= 11 is 1.31. The van der Waals surface area contributed by atoms with Gasteiger partial charge in [-0.2, -0.15) is 0 Å². The van der Waals surface area contributed by atoms with Crippen molar-refractivity contribution in [3.63, 3.8) is 0 Å². The highest BCUT2D eigenvalue weighted by Crippen LogP contribution is 2.50. The molecular formula is C25H21N3O5S. The predicted octanol–water partition coefficient (Wildman–Crippen LogP) is 3.98. The fraction of sp³-hybridized carbons (Fsp3) is 0.200. The topological polar surface area (TPSA) is 124 Å². The molecule has 0 radical (unpaired) electrons. The van der Waals surface area contributed by atoms with Crippen molar-refractivity contribution in [1.29, 1.82) is 0 Å². The van der Waals surface area contributed by atoms with Crippen LogP contribution in [0.2, 0.25) is 0 Å². The van der Waals surface area contributed by atoms with Gasteiger partial charge in [-0.15, -0.1) is 11.3 Å². The van der Waals surface area contributed by atoms with Crippen LogP contribution in [-0.2, 0) is 16.0 Å². The summed E-state index contributed by atoms with van der Waals surface area (Å²) in [4.78, 5) is 48.4. The number of carboxylic acid groups (broad SMARTS) is 2. The number of carboxylic acids is 2. The zero-order valence-corrected chi connectivity index (χ0v) is 18.7. The maximum Gasteiger partial charge on any atom is 0.330 e. The lowest BCUT2D eigenvalue weighted by molar-refractivity contribution is -0.149. The minimum absolute atomic E-state index is 0.117. The normalized spacial score (nSPS) is 22.2. The summed E-state index contributed by atoms with van der Waals surface area (Å²) in [5.41, 5.74) is -1.02. The van der Waals surface area contributed by atoms with E-state index in [9.17, 15) is 24.6 Å². The van der Waals surface area contributed by atoms with Crippen LogP contribution in [0.3, 0.4) is 0 Å². The molecule has 3 heterocycles. The Balaban J connectivity index is 1.74. The Morgan fingerprint density at radius 3 is 2.56 bits per heavy atom. The van der Waals surface area contributed by atoms with Gasteiger partial charge in [0.2, 0.25) is 0 Å². The van der Waals surface area contributed by atoms with E-state index < -0.39 is 35.3 Å².